The van der Waals surface area contributed by atoms with Gasteiger partial charge in [-0.05, 0) is 6.07 Å². The van der Waals surface area contributed by atoms with Gasteiger partial charge in [-0.2, -0.15) is 5.10 Å². The molecule has 1 aromatic carbocycles. The molecule has 0 aliphatic carbocycles. The number of ether oxygens (including phenoxy) is 1. The highest BCUT2D eigenvalue weighted by Crippen LogP contribution is 2.17. The van der Waals surface area contributed by atoms with Gasteiger partial charge >= 0.3 is 0 Å². The van der Waals surface area contributed by atoms with Crippen LogP contribution in [-0.2, 0) is 16.1 Å². The molecule has 7 heteroatoms. The van der Waals surface area contributed by atoms with Gasteiger partial charge in [-0.3, -0.25) is 9.48 Å². The third-order valence-corrected chi connectivity index (χ3v) is 4.52. The summed E-state index contributed by atoms with van der Waals surface area (Å²) in [5.41, 5.74) is 1.01. The molecule has 1 amide bonds. The topological polar surface area (TPSA) is 87.8 Å². The highest BCUT2D eigenvalue weighted by atomic mass is 16.5. The molecule has 0 bridgehead atoms. The Bertz CT molecular complexity index is 702. The number of benzene rings is 1. The van der Waals surface area contributed by atoms with E-state index in [-0.39, 0.29) is 18.4 Å². The third-order valence-electron chi connectivity index (χ3n) is 4.52. The number of hydrogen-bond donors (Lipinski definition) is 2. The van der Waals surface area contributed by atoms with Crippen LogP contribution in [0.5, 0.6) is 0 Å². The van der Waals surface area contributed by atoms with E-state index in [1.165, 1.54) is 0 Å². The molecule has 1 aromatic heterocycles. The smallest absolute Gasteiger partial charge is 0.224 e. The van der Waals surface area contributed by atoms with Gasteiger partial charge in [0, 0.05) is 31.3 Å². The molecule has 130 valence electrons. The van der Waals surface area contributed by atoms with Crippen molar-refractivity contribution in [2.75, 3.05) is 26.8 Å². The summed E-state index contributed by atoms with van der Waals surface area (Å²) in [6.45, 7) is 1.35. The molecule has 2 N–H and O–H groups in total. The zero-order valence-corrected chi connectivity index (χ0v) is 13.7. The molecule has 0 radical (unpaired) electrons. The minimum Gasteiger partial charge on any atom is -0.390 e. The summed E-state index contributed by atoms with van der Waals surface area (Å²) in [5, 5.41) is 25.0. The maximum absolute atomic E-state index is 12.3. The average molecular weight is 333 g/mol. The van der Waals surface area contributed by atoms with Gasteiger partial charge in [0.2, 0.25) is 5.91 Å². The Kier molecular flexibility index (Phi) is 5.13. The lowest BCUT2D eigenvalue weighted by atomic mass is 9.96. The van der Waals surface area contributed by atoms with Gasteiger partial charge < -0.3 is 19.8 Å². The lowest BCUT2D eigenvalue weighted by molar-refractivity contribution is -0.140. The van der Waals surface area contributed by atoms with Crippen LogP contribution in [0.25, 0.3) is 10.9 Å². The predicted octanol–water partition coefficient (Wildman–Crippen LogP) is 0.253. The van der Waals surface area contributed by atoms with Gasteiger partial charge in [0.25, 0.3) is 0 Å². The van der Waals surface area contributed by atoms with E-state index >= 15 is 0 Å². The minimum atomic E-state index is -0.886. The maximum atomic E-state index is 12.3. The monoisotopic (exact) mass is 333 g/mol. The predicted molar refractivity (Wildman–Crippen MR) is 88.3 cm³/mol. The number of aromatic nitrogens is 2. The van der Waals surface area contributed by atoms with Gasteiger partial charge in [0.15, 0.2) is 0 Å². The second-order valence-electron chi connectivity index (χ2n) is 6.31. The summed E-state index contributed by atoms with van der Waals surface area (Å²) in [4.78, 5) is 13.9. The lowest BCUT2D eigenvalue weighted by Crippen LogP contribution is -2.48. The Morgan fingerprint density at radius 3 is 3.00 bits per heavy atom. The fourth-order valence-electron chi connectivity index (χ4n) is 3.06. The quantitative estimate of drug-likeness (QED) is 0.819. The third kappa shape index (κ3) is 3.58. The van der Waals surface area contributed by atoms with E-state index in [9.17, 15) is 15.0 Å². The zero-order chi connectivity index (χ0) is 17.1. The molecular weight excluding hydrogens is 310 g/mol. The zero-order valence-electron chi connectivity index (χ0n) is 13.7. The maximum Gasteiger partial charge on any atom is 0.224 e. The first kappa shape index (κ1) is 16.9. The van der Waals surface area contributed by atoms with Crippen molar-refractivity contribution >= 4 is 16.8 Å². The molecule has 0 saturated carbocycles. The Morgan fingerprint density at radius 1 is 1.38 bits per heavy atom. The Labute approximate surface area is 140 Å². The molecule has 24 heavy (non-hydrogen) atoms. The molecular formula is C17H23N3O4. The molecule has 0 unspecified atom stereocenters. The highest BCUT2D eigenvalue weighted by Gasteiger charge is 2.32. The van der Waals surface area contributed by atoms with Crippen LogP contribution in [0.15, 0.2) is 30.5 Å². The van der Waals surface area contributed by atoms with Crippen LogP contribution in [0.1, 0.15) is 6.42 Å². The summed E-state index contributed by atoms with van der Waals surface area (Å²) in [6.07, 6.45) is 0.376. The van der Waals surface area contributed by atoms with E-state index in [0.29, 0.717) is 26.1 Å². The lowest BCUT2D eigenvalue weighted by Gasteiger charge is -2.34. The standard InChI is InChI=1S/C17H23N3O4/c1-19(9-13-10-24-11-15(21)17(13)23)16(22)6-7-20-14-5-3-2-4-12(14)8-18-20/h2-5,8,13,15,17,21,23H,6-7,9-11H2,1H3/t13-,15-,17+/m1/s1. The molecule has 1 fully saturated rings. The SMILES string of the molecule is CN(C[C@@H]1COC[C@@H](O)[C@H]1O)C(=O)CCn1ncc2ccccc21. The first-order valence-electron chi connectivity index (χ1n) is 8.14. The van der Waals surface area contributed by atoms with Crippen LogP contribution in [0.2, 0.25) is 0 Å². The molecule has 1 aliphatic heterocycles. The highest BCUT2D eigenvalue weighted by molar-refractivity contribution is 5.79. The van der Waals surface area contributed by atoms with E-state index in [2.05, 4.69) is 5.10 Å². The van der Waals surface area contributed by atoms with Gasteiger partial charge in [-0.15, -0.1) is 0 Å². The number of carbonyl (C=O) groups excluding carboxylic acids is 1. The second-order valence-corrected chi connectivity index (χ2v) is 6.31. The van der Waals surface area contributed by atoms with Crippen molar-refractivity contribution in [1.29, 1.82) is 0 Å². The number of aryl methyl sites for hydroxylation is 1. The van der Waals surface area contributed by atoms with Gasteiger partial charge in [-0.1, -0.05) is 18.2 Å². The summed E-state index contributed by atoms with van der Waals surface area (Å²) in [7, 11) is 1.71. The van der Waals surface area contributed by atoms with Crippen LogP contribution in [0.3, 0.4) is 0 Å². The van der Waals surface area contributed by atoms with Crippen molar-refractivity contribution in [2.24, 2.45) is 5.92 Å². The largest absolute Gasteiger partial charge is 0.390 e. The fourth-order valence-corrected chi connectivity index (χ4v) is 3.06. The summed E-state index contributed by atoms with van der Waals surface area (Å²) < 4.78 is 7.07. The molecule has 1 saturated heterocycles. The number of aliphatic hydroxyl groups excluding tert-OH is 2. The Hall–Kier alpha value is -1.96. The van der Waals surface area contributed by atoms with E-state index in [0.717, 1.165) is 10.9 Å². The van der Waals surface area contributed by atoms with Crippen molar-refractivity contribution in [3.8, 4) is 0 Å². The van der Waals surface area contributed by atoms with Crippen molar-refractivity contribution < 1.29 is 19.7 Å². The number of rotatable bonds is 5. The molecule has 2 heterocycles. The van der Waals surface area contributed by atoms with Crippen LogP contribution in [0, 0.1) is 5.92 Å². The summed E-state index contributed by atoms with van der Waals surface area (Å²) in [6, 6.07) is 7.87. The fraction of sp³-hybridized carbons (Fsp3) is 0.529. The van der Waals surface area contributed by atoms with Gasteiger partial charge in [0.05, 0.1) is 37.6 Å². The van der Waals surface area contributed by atoms with E-state index < -0.39 is 12.2 Å². The van der Waals surface area contributed by atoms with Crippen molar-refractivity contribution in [2.45, 2.75) is 25.2 Å². The molecule has 1 aliphatic rings. The minimum absolute atomic E-state index is 0.0261. The Morgan fingerprint density at radius 2 is 2.17 bits per heavy atom. The number of carbonyl (C=O) groups is 1. The number of nitrogens with zero attached hydrogens (tertiary/aromatic N) is 3. The normalized spacial score (nSPS) is 24.2. The van der Waals surface area contributed by atoms with E-state index in [1.54, 1.807) is 18.1 Å². The number of amides is 1. The number of hydrogen-bond acceptors (Lipinski definition) is 5. The number of aliphatic hydroxyl groups is 2. The first-order chi connectivity index (χ1) is 11.6. The molecule has 0 spiro atoms. The molecule has 2 aromatic rings. The average Bonchev–Trinajstić information content (AvgIpc) is 3.00. The van der Waals surface area contributed by atoms with Crippen LogP contribution in [0.4, 0.5) is 0 Å². The second kappa shape index (κ2) is 7.29. The molecule has 7 nitrogen and oxygen atoms in total. The summed E-state index contributed by atoms with van der Waals surface area (Å²) in [5.74, 6) is -0.296. The van der Waals surface area contributed by atoms with Crippen molar-refractivity contribution in [1.82, 2.24) is 14.7 Å². The summed E-state index contributed by atoms with van der Waals surface area (Å²) >= 11 is 0. The van der Waals surface area contributed by atoms with Gasteiger partial charge in [-0.25, -0.2) is 0 Å². The number of fused-ring (bicyclic) bond motifs is 1. The van der Waals surface area contributed by atoms with Gasteiger partial charge in [0.1, 0.15) is 6.10 Å². The number of para-hydroxylation sites is 1. The van der Waals surface area contributed by atoms with E-state index in [1.807, 2.05) is 28.9 Å². The van der Waals surface area contributed by atoms with E-state index in [4.69, 9.17) is 4.74 Å². The molecule has 3 rings (SSSR count). The van der Waals surface area contributed by atoms with Crippen LogP contribution < -0.4 is 0 Å². The van der Waals surface area contributed by atoms with Crippen LogP contribution >= 0.6 is 0 Å². The Balaban J connectivity index is 1.54. The first-order valence-corrected chi connectivity index (χ1v) is 8.14. The van der Waals surface area contributed by atoms with Crippen molar-refractivity contribution in [3.63, 3.8) is 0 Å². The molecule has 3 atom stereocenters. The van der Waals surface area contributed by atoms with Crippen molar-refractivity contribution in [3.05, 3.63) is 30.5 Å². The van der Waals surface area contributed by atoms with Crippen LogP contribution in [-0.4, -0.2) is 69.8 Å².